The van der Waals surface area contributed by atoms with Gasteiger partial charge in [-0.1, -0.05) is 0 Å². The highest BCUT2D eigenvalue weighted by molar-refractivity contribution is 5.70. The van der Waals surface area contributed by atoms with Crippen LogP contribution in [0.15, 0.2) is 18.3 Å². The third-order valence-corrected chi connectivity index (χ3v) is 3.17. The van der Waals surface area contributed by atoms with Crippen LogP contribution >= 0.6 is 0 Å². The molecule has 0 bridgehead atoms. The summed E-state index contributed by atoms with van der Waals surface area (Å²) >= 11 is 0. The van der Waals surface area contributed by atoms with Gasteiger partial charge in [0.15, 0.2) is 0 Å². The van der Waals surface area contributed by atoms with E-state index >= 15 is 0 Å². The Morgan fingerprint density at radius 2 is 2.19 bits per heavy atom. The van der Waals surface area contributed by atoms with Crippen molar-refractivity contribution in [1.82, 2.24) is 9.88 Å². The molecule has 1 saturated heterocycles. The molecule has 6 nitrogen and oxygen atoms in total. The topological polar surface area (TPSA) is 75.5 Å². The van der Waals surface area contributed by atoms with Crippen LogP contribution in [0.1, 0.15) is 33.4 Å². The van der Waals surface area contributed by atoms with E-state index in [0.717, 1.165) is 0 Å². The molecule has 0 N–H and O–H groups in total. The van der Waals surface area contributed by atoms with E-state index in [0.29, 0.717) is 18.0 Å². The third kappa shape index (κ3) is 3.63. The van der Waals surface area contributed by atoms with Gasteiger partial charge in [-0.05, 0) is 39.8 Å². The number of rotatable bonds is 2. The van der Waals surface area contributed by atoms with Gasteiger partial charge in [0, 0.05) is 0 Å². The first kappa shape index (κ1) is 15.1. The van der Waals surface area contributed by atoms with Crippen molar-refractivity contribution in [2.75, 3.05) is 6.54 Å². The number of hydrogen-bond acceptors (Lipinski definition) is 5. The molecular formula is C15H19N3O3. The molecule has 21 heavy (non-hydrogen) atoms. The molecule has 112 valence electrons. The first-order chi connectivity index (χ1) is 9.80. The van der Waals surface area contributed by atoms with Crippen molar-refractivity contribution in [2.24, 2.45) is 0 Å². The van der Waals surface area contributed by atoms with E-state index in [1.807, 2.05) is 33.8 Å². The van der Waals surface area contributed by atoms with E-state index in [1.54, 1.807) is 17.0 Å². The predicted octanol–water partition coefficient (Wildman–Crippen LogP) is 2.34. The standard InChI is InChI=1S/C15H19N3O3/c1-10-13(9-18(10)14(19)21-15(2,3)4)20-12-6-5-11(7-16)17-8-12/h5-6,8,10,13H,9H2,1-4H3/t10-,13+/m1/s1. The minimum atomic E-state index is -0.500. The van der Waals surface area contributed by atoms with E-state index < -0.39 is 5.60 Å². The Morgan fingerprint density at radius 1 is 1.48 bits per heavy atom. The van der Waals surface area contributed by atoms with Gasteiger partial charge in [0.1, 0.15) is 29.2 Å². The summed E-state index contributed by atoms with van der Waals surface area (Å²) in [6.45, 7) is 7.91. The van der Waals surface area contributed by atoms with Crippen LogP contribution in [0.4, 0.5) is 4.79 Å². The van der Waals surface area contributed by atoms with Gasteiger partial charge in [-0.2, -0.15) is 5.26 Å². The summed E-state index contributed by atoms with van der Waals surface area (Å²) in [7, 11) is 0. The van der Waals surface area contributed by atoms with Crippen LogP contribution < -0.4 is 4.74 Å². The number of ether oxygens (including phenoxy) is 2. The highest BCUT2D eigenvalue weighted by Crippen LogP contribution is 2.25. The lowest BCUT2D eigenvalue weighted by Crippen LogP contribution is -2.63. The fourth-order valence-corrected chi connectivity index (χ4v) is 1.96. The largest absolute Gasteiger partial charge is 0.485 e. The van der Waals surface area contributed by atoms with Crippen LogP contribution in [0, 0.1) is 11.3 Å². The van der Waals surface area contributed by atoms with E-state index in [1.165, 1.54) is 6.20 Å². The second-order valence-corrected chi connectivity index (χ2v) is 6.02. The molecule has 0 spiro atoms. The molecule has 2 atom stereocenters. The molecule has 1 aromatic rings. The summed E-state index contributed by atoms with van der Waals surface area (Å²) in [5, 5.41) is 8.69. The van der Waals surface area contributed by atoms with Crippen molar-refractivity contribution in [3.8, 4) is 11.8 Å². The molecular weight excluding hydrogens is 270 g/mol. The summed E-state index contributed by atoms with van der Waals surface area (Å²) in [5.41, 5.74) is -0.154. The monoisotopic (exact) mass is 289 g/mol. The molecule has 1 fully saturated rings. The Labute approximate surface area is 124 Å². The van der Waals surface area contributed by atoms with Crippen LogP contribution in [-0.4, -0.2) is 40.3 Å². The molecule has 1 aliphatic rings. The van der Waals surface area contributed by atoms with Gasteiger partial charge in [0.05, 0.1) is 18.8 Å². The SMILES string of the molecule is C[C@@H]1[C@@H](Oc2ccc(C#N)nc2)CN1C(=O)OC(C)(C)C. The molecule has 0 radical (unpaired) electrons. The van der Waals surface area contributed by atoms with Gasteiger partial charge in [0.2, 0.25) is 0 Å². The predicted molar refractivity (Wildman–Crippen MR) is 75.8 cm³/mol. The first-order valence-corrected chi connectivity index (χ1v) is 6.82. The maximum absolute atomic E-state index is 11.9. The van der Waals surface area contributed by atoms with Gasteiger partial charge < -0.3 is 9.47 Å². The number of hydrogen-bond donors (Lipinski definition) is 0. The number of aromatic nitrogens is 1. The molecule has 6 heteroatoms. The number of nitrogens with zero attached hydrogens (tertiary/aromatic N) is 3. The second kappa shape index (κ2) is 5.60. The van der Waals surface area contributed by atoms with Crippen LogP contribution in [0.25, 0.3) is 0 Å². The zero-order valence-electron chi connectivity index (χ0n) is 12.7. The summed E-state index contributed by atoms with van der Waals surface area (Å²) < 4.78 is 11.1. The van der Waals surface area contributed by atoms with E-state index in [9.17, 15) is 4.79 Å². The fourth-order valence-electron chi connectivity index (χ4n) is 1.96. The van der Waals surface area contributed by atoms with Crippen molar-refractivity contribution in [3.05, 3.63) is 24.0 Å². The molecule has 1 amide bonds. The molecule has 0 aromatic carbocycles. The van der Waals surface area contributed by atoms with Crippen LogP contribution in [0.2, 0.25) is 0 Å². The quantitative estimate of drug-likeness (QED) is 0.835. The molecule has 2 rings (SSSR count). The summed E-state index contributed by atoms with van der Waals surface area (Å²) in [6, 6.07) is 5.20. The lowest BCUT2D eigenvalue weighted by Gasteiger charge is -2.45. The Kier molecular flexibility index (Phi) is 4.03. The Morgan fingerprint density at radius 3 is 2.67 bits per heavy atom. The molecule has 2 heterocycles. The number of carbonyl (C=O) groups excluding carboxylic acids is 1. The van der Waals surface area contributed by atoms with Crippen LogP contribution in [0.3, 0.4) is 0 Å². The fraction of sp³-hybridized carbons (Fsp3) is 0.533. The number of pyridine rings is 1. The van der Waals surface area contributed by atoms with E-state index in [-0.39, 0.29) is 18.2 Å². The van der Waals surface area contributed by atoms with Gasteiger partial charge >= 0.3 is 6.09 Å². The average molecular weight is 289 g/mol. The summed E-state index contributed by atoms with van der Waals surface area (Å²) in [4.78, 5) is 17.5. The molecule has 0 unspecified atom stereocenters. The lowest BCUT2D eigenvalue weighted by molar-refractivity contribution is -0.0537. The maximum Gasteiger partial charge on any atom is 0.410 e. The van der Waals surface area contributed by atoms with Crippen molar-refractivity contribution >= 4 is 6.09 Å². The van der Waals surface area contributed by atoms with E-state index in [4.69, 9.17) is 14.7 Å². The molecule has 1 aliphatic heterocycles. The Hall–Kier alpha value is -2.29. The minimum absolute atomic E-state index is 0.0597. The second-order valence-electron chi connectivity index (χ2n) is 6.02. The van der Waals surface area contributed by atoms with Crippen LogP contribution in [-0.2, 0) is 4.74 Å². The highest BCUT2D eigenvalue weighted by atomic mass is 16.6. The van der Waals surface area contributed by atoms with Gasteiger partial charge in [-0.15, -0.1) is 0 Å². The highest BCUT2D eigenvalue weighted by Gasteiger charge is 2.42. The average Bonchev–Trinajstić information content (AvgIpc) is 2.41. The van der Waals surface area contributed by atoms with Crippen molar-refractivity contribution in [3.63, 3.8) is 0 Å². The number of nitriles is 1. The van der Waals surface area contributed by atoms with Gasteiger partial charge in [0.25, 0.3) is 0 Å². The van der Waals surface area contributed by atoms with Crippen molar-refractivity contribution < 1.29 is 14.3 Å². The zero-order chi connectivity index (χ0) is 15.6. The van der Waals surface area contributed by atoms with E-state index in [2.05, 4.69) is 4.98 Å². The maximum atomic E-state index is 11.9. The minimum Gasteiger partial charge on any atom is -0.485 e. The Balaban J connectivity index is 1.88. The number of amides is 1. The first-order valence-electron chi connectivity index (χ1n) is 6.82. The zero-order valence-corrected chi connectivity index (χ0v) is 12.7. The van der Waals surface area contributed by atoms with Gasteiger partial charge in [-0.3, -0.25) is 4.90 Å². The van der Waals surface area contributed by atoms with Gasteiger partial charge in [-0.25, -0.2) is 9.78 Å². The molecule has 1 aromatic heterocycles. The Bertz CT molecular complexity index is 557. The van der Waals surface area contributed by atoms with Crippen molar-refractivity contribution in [2.45, 2.75) is 45.4 Å². The smallest absolute Gasteiger partial charge is 0.410 e. The van der Waals surface area contributed by atoms with Crippen LogP contribution in [0.5, 0.6) is 5.75 Å². The number of carbonyl (C=O) groups is 1. The lowest BCUT2D eigenvalue weighted by atomic mass is 10.0. The third-order valence-electron chi connectivity index (χ3n) is 3.17. The normalized spacial score (nSPS) is 21.2. The molecule has 0 aliphatic carbocycles. The number of likely N-dealkylation sites (tertiary alicyclic amines) is 1. The molecule has 0 saturated carbocycles. The summed E-state index contributed by atoms with van der Waals surface area (Å²) in [5.74, 6) is 0.592. The summed E-state index contributed by atoms with van der Waals surface area (Å²) in [6.07, 6.45) is 1.10. The van der Waals surface area contributed by atoms with Crippen molar-refractivity contribution in [1.29, 1.82) is 5.26 Å².